The van der Waals surface area contributed by atoms with Crippen LogP contribution in [0.15, 0.2) is 42.5 Å². The van der Waals surface area contributed by atoms with Crippen molar-refractivity contribution in [2.24, 2.45) is 0 Å². The van der Waals surface area contributed by atoms with Crippen molar-refractivity contribution in [3.05, 3.63) is 59.4 Å². The van der Waals surface area contributed by atoms with Crippen LogP contribution in [0.1, 0.15) is 28.7 Å². The molecule has 0 aliphatic rings. The van der Waals surface area contributed by atoms with E-state index in [1.807, 2.05) is 39.0 Å². The van der Waals surface area contributed by atoms with E-state index in [1.54, 1.807) is 24.3 Å². The molecule has 4 rings (SSSR count). The summed E-state index contributed by atoms with van der Waals surface area (Å²) in [6.07, 6.45) is 0. The molecule has 32 heavy (non-hydrogen) atoms. The van der Waals surface area contributed by atoms with Gasteiger partial charge >= 0.3 is 5.97 Å². The Hall–Kier alpha value is -3.72. The number of hydrogen-bond donors (Lipinski definition) is 2. The molecule has 0 radical (unpaired) electrons. The zero-order valence-corrected chi connectivity index (χ0v) is 18.7. The van der Waals surface area contributed by atoms with Gasteiger partial charge in [-0.05, 0) is 51.1 Å². The summed E-state index contributed by atoms with van der Waals surface area (Å²) in [5.74, 6) is 0.451. The smallest absolute Gasteiger partial charge is 0.338 e. The minimum Gasteiger partial charge on any atom is -0.494 e. The number of fused-ring (bicyclic) bond motifs is 1. The Labute approximate surface area is 188 Å². The minimum atomic E-state index is -0.579. The minimum absolute atomic E-state index is 0.352. The summed E-state index contributed by atoms with van der Waals surface area (Å²) in [6.45, 7) is 5.97. The molecule has 0 saturated heterocycles. The monoisotopic (exact) mass is 450 g/mol. The van der Waals surface area contributed by atoms with Gasteiger partial charge in [-0.1, -0.05) is 23.5 Å². The van der Waals surface area contributed by atoms with E-state index < -0.39 is 18.5 Å². The normalized spacial score (nSPS) is 10.8. The third kappa shape index (κ3) is 4.78. The fourth-order valence-corrected chi connectivity index (χ4v) is 3.94. The van der Waals surface area contributed by atoms with Gasteiger partial charge in [-0.15, -0.1) is 0 Å². The van der Waals surface area contributed by atoms with E-state index in [9.17, 15) is 9.59 Å². The van der Waals surface area contributed by atoms with E-state index in [4.69, 9.17) is 9.47 Å². The van der Waals surface area contributed by atoms with Gasteiger partial charge in [0.1, 0.15) is 11.6 Å². The Balaban J connectivity index is 1.33. The number of thiazole rings is 1. The number of anilines is 1. The molecular formula is C23H22N4O4S. The molecule has 0 atom stereocenters. The van der Waals surface area contributed by atoms with Crippen LogP contribution in [0.3, 0.4) is 0 Å². The number of aromatic amines is 1. The largest absolute Gasteiger partial charge is 0.494 e. The molecule has 8 nitrogen and oxygen atoms in total. The summed E-state index contributed by atoms with van der Waals surface area (Å²) in [7, 11) is 0. The Morgan fingerprint density at radius 1 is 1.09 bits per heavy atom. The number of nitrogens with zero attached hydrogens (tertiary/aromatic N) is 2. The highest BCUT2D eigenvalue weighted by atomic mass is 32.1. The van der Waals surface area contributed by atoms with Crippen molar-refractivity contribution >= 4 is 38.6 Å². The molecule has 0 aliphatic heterocycles. The fourth-order valence-electron chi connectivity index (χ4n) is 3.03. The molecule has 2 aromatic carbocycles. The summed E-state index contributed by atoms with van der Waals surface area (Å²) in [5.41, 5.74) is 3.89. The van der Waals surface area contributed by atoms with E-state index in [1.165, 1.54) is 11.3 Å². The number of amides is 1. The Bertz CT molecular complexity index is 1260. The van der Waals surface area contributed by atoms with Crippen molar-refractivity contribution < 1.29 is 19.1 Å². The number of carbonyl (C=O) groups is 2. The van der Waals surface area contributed by atoms with Crippen molar-refractivity contribution in [2.45, 2.75) is 20.8 Å². The Morgan fingerprint density at radius 3 is 2.56 bits per heavy atom. The molecule has 0 bridgehead atoms. The lowest BCUT2D eigenvalue weighted by Crippen LogP contribution is -2.20. The number of aryl methyl sites for hydroxylation is 2. The topological polar surface area (TPSA) is 106 Å². The second kappa shape index (κ2) is 9.19. The van der Waals surface area contributed by atoms with Crippen molar-refractivity contribution in [2.75, 3.05) is 18.5 Å². The number of hydrogen-bond acceptors (Lipinski definition) is 7. The Kier molecular flexibility index (Phi) is 6.18. The number of carbonyl (C=O) groups excluding carboxylic acids is 2. The van der Waals surface area contributed by atoms with Crippen LogP contribution in [-0.4, -0.2) is 40.0 Å². The summed E-state index contributed by atoms with van der Waals surface area (Å²) < 4.78 is 11.5. The van der Waals surface area contributed by atoms with Crippen molar-refractivity contribution in [3.63, 3.8) is 0 Å². The van der Waals surface area contributed by atoms with Gasteiger partial charge in [0, 0.05) is 11.3 Å². The average Bonchev–Trinajstić information content (AvgIpc) is 3.34. The summed E-state index contributed by atoms with van der Waals surface area (Å²) in [4.78, 5) is 36.5. The molecule has 4 aromatic rings. The molecule has 0 fully saturated rings. The number of nitrogens with one attached hydrogen (secondary N) is 2. The SMILES string of the molecule is CCOc1ccc2nc(NC(=O)COC(=O)c3ccc(-c4nc(C)c(C)[nH]4)cc3)sc2c1. The van der Waals surface area contributed by atoms with E-state index in [2.05, 4.69) is 20.3 Å². The molecule has 0 spiro atoms. The highest BCUT2D eigenvalue weighted by Gasteiger charge is 2.13. The van der Waals surface area contributed by atoms with Gasteiger partial charge in [0.25, 0.3) is 5.91 Å². The molecule has 1 amide bonds. The molecule has 9 heteroatoms. The number of aromatic nitrogens is 3. The molecule has 164 valence electrons. The van der Waals surface area contributed by atoms with Crippen molar-refractivity contribution in [1.29, 1.82) is 0 Å². The summed E-state index contributed by atoms with van der Waals surface area (Å²) in [5, 5.41) is 3.10. The van der Waals surface area contributed by atoms with Crippen LogP contribution in [0.5, 0.6) is 5.75 Å². The maximum atomic E-state index is 12.3. The van der Waals surface area contributed by atoms with Gasteiger partial charge in [0.05, 0.1) is 28.1 Å². The first-order chi connectivity index (χ1) is 15.4. The first kappa shape index (κ1) is 21.5. The first-order valence-electron chi connectivity index (χ1n) is 10.1. The fraction of sp³-hybridized carbons (Fsp3) is 0.217. The van der Waals surface area contributed by atoms with Crippen molar-refractivity contribution in [1.82, 2.24) is 15.0 Å². The van der Waals surface area contributed by atoms with Gasteiger partial charge in [0.2, 0.25) is 0 Å². The third-order valence-electron chi connectivity index (χ3n) is 4.77. The van der Waals surface area contributed by atoms with E-state index in [0.29, 0.717) is 17.3 Å². The second-order valence-corrected chi connectivity index (χ2v) is 8.11. The van der Waals surface area contributed by atoms with Crippen LogP contribution in [0.4, 0.5) is 5.13 Å². The van der Waals surface area contributed by atoms with E-state index in [-0.39, 0.29) is 0 Å². The predicted molar refractivity (Wildman–Crippen MR) is 123 cm³/mol. The Morgan fingerprint density at radius 2 is 1.88 bits per heavy atom. The van der Waals surface area contributed by atoms with E-state index in [0.717, 1.165) is 38.7 Å². The quantitative estimate of drug-likeness (QED) is 0.402. The van der Waals surface area contributed by atoms with Crippen LogP contribution in [0.2, 0.25) is 0 Å². The molecule has 0 saturated carbocycles. The highest BCUT2D eigenvalue weighted by Crippen LogP contribution is 2.29. The van der Waals surface area contributed by atoms with Crippen LogP contribution in [0, 0.1) is 13.8 Å². The maximum absolute atomic E-state index is 12.3. The molecule has 0 unspecified atom stereocenters. The third-order valence-corrected chi connectivity index (χ3v) is 5.71. The number of rotatable bonds is 7. The number of ether oxygens (including phenoxy) is 2. The zero-order chi connectivity index (χ0) is 22.7. The summed E-state index contributed by atoms with van der Waals surface area (Å²) >= 11 is 1.33. The number of esters is 1. The van der Waals surface area contributed by atoms with Crippen LogP contribution >= 0.6 is 11.3 Å². The van der Waals surface area contributed by atoms with Crippen LogP contribution < -0.4 is 10.1 Å². The maximum Gasteiger partial charge on any atom is 0.338 e. The number of benzene rings is 2. The van der Waals surface area contributed by atoms with Gasteiger partial charge in [-0.2, -0.15) is 0 Å². The average molecular weight is 451 g/mol. The molecule has 2 heterocycles. The second-order valence-electron chi connectivity index (χ2n) is 7.08. The predicted octanol–water partition coefficient (Wildman–Crippen LogP) is 4.50. The van der Waals surface area contributed by atoms with Crippen LogP contribution in [-0.2, 0) is 9.53 Å². The first-order valence-corrected chi connectivity index (χ1v) is 10.9. The lowest BCUT2D eigenvalue weighted by atomic mass is 10.1. The molecule has 0 aliphatic carbocycles. The zero-order valence-electron chi connectivity index (χ0n) is 17.9. The van der Waals surface area contributed by atoms with Gasteiger partial charge in [-0.25, -0.2) is 14.8 Å². The molecule has 2 N–H and O–H groups in total. The van der Waals surface area contributed by atoms with Gasteiger partial charge in [0.15, 0.2) is 11.7 Å². The lowest BCUT2D eigenvalue weighted by Gasteiger charge is -2.05. The van der Waals surface area contributed by atoms with Crippen LogP contribution in [0.25, 0.3) is 21.6 Å². The van der Waals surface area contributed by atoms with Gasteiger partial charge in [-0.3, -0.25) is 10.1 Å². The number of imidazole rings is 1. The number of H-pyrrole nitrogens is 1. The van der Waals surface area contributed by atoms with Gasteiger partial charge < -0.3 is 14.5 Å². The lowest BCUT2D eigenvalue weighted by molar-refractivity contribution is -0.119. The molecular weight excluding hydrogens is 428 g/mol. The van der Waals surface area contributed by atoms with Crippen molar-refractivity contribution in [3.8, 4) is 17.1 Å². The molecule has 2 aromatic heterocycles. The highest BCUT2D eigenvalue weighted by molar-refractivity contribution is 7.22. The summed E-state index contributed by atoms with van der Waals surface area (Å²) in [6, 6.07) is 12.4. The standard InChI is InChI=1S/C23H22N4O4S/c1-4-30-17-9-10-18-19(11-17)32-23(26-18)27-20(28)12-31-22(29)16-7-5-15(6-8-16)21-24-13(2)14(3)25-21/h5-11H,4,12H2,1-3H3,(H,24,25)(H,26,27,28). The van der Waals surface area contributed by atoms with E-state index >= 15 is 0 Å².